The van der Waals surface area contributed by atoms with Gasteiger partial charge in [0.25, 0.3) is 5.91 Å². The summed E-state index contributed by atoms with van der Waals surface area (Å²) in [5, 5.41) is 3.73. The van der Waals surface area contributed by atoms with Crippen molar-refractivity contribution in [3.8, 4) is 10.6 Å². The van der Waals surface area contributed by atoms with Crippen molar-refractivity contribution in [1.82, 2.24) is 15.2 Å². The van der Waals surface area contributed by atoms with Crippen molar-refractivity contribution in [2.75, 3.05) is 26.7 Å². The number of nitrogens with zero attached hydrogens (tertiary/aromatic N) is 2. The van der Waals surface area contributed by atoms with E-state index in [4.69, 9.17) is 0 Å². The Morgan fingerprint density at radius 3 is 3.09 bits per heavy atom. The van der Waals surface area contributed by atoms with Crippen molar-refractivity contribution < 1.29 is 9.18 Å². The van der Waals surface area contributed by atoms with Gasteiger partial charge >= 0.3 is 0 Å². The Kier molecular flexibility index (Phi) is 5.03. The van der Waals surface area contributed by atoms with Gasteiger partial charge in [-0.25, -0.2) is 9.37 Å². The third-order valence-electron chi connectivity index (χ3n) is 4.12. The molecule has 0 unspecified atom stereocenters. The Morgan fingerprint density at radius 1 is 1.48 bits per heavy atom. The lowest BCUT2D eigenvalue weighted by molar-refractivity contribution is 0.0679. The van der Waals surface area contributed by atoms with Crippen molar-refractivity contribution in [1.29, 1.82) is 0 Å². The highest BCUT2D eigenvalue weighted by Gasteiger charge is 2.25. The molecule has 23 heavy (non-hydrogen) atoms. The number of rotatable bonds is 4. The van der Waals surface area contributed by atoms with Crippen LogP contribution in [0.25, 0.3) is 10.6 Å². The maximum atomic E-state index is 13.8. The molecule has 0 spiro atoms. The molecule has 1 aliphatic heterocycles. The van der Waals surface area contributed by atoms with Gasteiger partial charge in [-0.05, 0) is 44.5 Å². The molecule has 1 saturated heterocycles. The molecular formula is C17H20FN3OS. The number of aromatic nitrogens is 1. The largest absolute Gasteiger partial charge is 0.338 e. The number of nitrogens with one attached hydrogen (secondary N) is 1. The fraction of sp³-hybridized carbons (Fsp3) is 0.412. The van der Waals surface area contributed by atoms with Gasteiger partial charge in [-0.1, -0.05) is 12.1 Å². The molecule has 2 aromatic rings. The average molecular weight is 333 g/mol. The summed E-state index contributed by atoms with van der Waals surface area (Å²) in [7, 11) is 1.94. The number of benzene rings is 1. The monoisotopic (exact) mass is 333 g/mol. The number of likely N-dealkylation sites (tertiary alicyclic amines) is 1. The minimum atomic E-state index is -0.312. The summed E-state index contributed by atoms with van der Waals surface area (Å²) in [5.41, 5.74) is 0.447. The summed E-state index contributed by atoms with van der Waals surface area (Å²) in [6.45, 7) is 2.48. The fourth-order valence-electron chi connectivity index (χ4n) is 2.99. The molecule has 1 aliphatic rings. The summed E-state index contributed by atoms with van der Waals surface area (Å²) in [4.78, 5) is 19.4. The SMILES string of the molecule is CNC[C@H]1CCCN(C(=O)c2cnc(-c3ccccc3F)s2)C1. The van der Waals surface area contributed by atoms with Crippen LogP contribution in [0.2, 0.25) is 0 Å². The lowest BCUT2D eigenvalue weighted by atomic mass is 9.98. The summed E-state index contributed by atoms with van der Waals surface area (Å²) in [5.74, 6) is 0.190. The van der Waals surface area contributed by atoms with Gasteiger partial charge in [-0.2, -0.15) is 0 Å². The molecule has 4 nitrogen and oxygen atoms in total. The molecule has 0 radical (unpaired) electrons. The van der Waals surface area contributed by atoms with Crippen LogP contribution in [0, 0.1) is 11.7 Å². The van der Waals surface area contributed by atoms with E-state index in [9.17, 15) is 9.18 Å². The zero-order valence-corrected chi connectivity index (χ0v) is 13.9. The van der Waals surface area contributed by atoms with E-state index in [0.717, 1.165) is 32.5 Å². The van der Waals surface area contributed by atoms with Crippen LogP contribution < -0.4 is 5.32 Å². The van der Waals surface area contributed by atoms with Crippen LogP contribution in [-0.2, 0) is 0 Å². The second kappa shape index (κ2) is 7.19. The molecule has 1 amide bonds. The van der Waals surface area contributed by atoms with E-state index < -0.39 is 0 Å². The maximum Gasteiger partial charge on any atom is 0.265 e. The lowest BCUT2D eigenvalue weighted by Gasteiger charge is -2.32. The van der Waals surface area contributed by atoms with E-state index in [0.29, 0.717) is 21.4 Å². The molecule has 0 saturated carbocycles. The zero-order chi connectivity index (χ0) is 16.2. The molecule has 1 fully saturated rings. The van der Waals surface area contributed by atoms with Gasteiger partial charge in [0.2, 0.25) is 0 Å². The highest BCUT2D eigenvalue weighted by atomic mass is 32.1. The van der Waals surface area contributed by atoms with E-state index >= 15 is 0 Å². The van der Waals surface area contributed by atoms with E-state index in [1.807, 2.05) is 11.9 Å². The molecule has 3 rings (SSSR count). The number of thiazole rings is 1. The first-order chi connectivity index (χ1) is 11.2. The van der Waals surface area contributed by atoms with Crippen LogP contribution in [0.5, 0.6) is 0 Å². The molecule has 1 atom stereocenters. The molecule has 1 aromatic heterocycles. The van der Waals surface area contributed by atoms with Crippen molar-refractivity contribution in [2.45, 2.75) is 12.8 Å². The lowest BCUT2D eigenvalue weighted by Crippen LogP contribution is -2.42. The van der Waals surface area contributed by atoms with Gasteiger partial charge < -0.3 is 10.2 Å². The molecule has 122 valence electrons. The van der Waals surface area contributed by atoms with Crippen LogP contribution in [-0.4, -0.2) is 42.5 Å². The Labute approximate surface area is 139 Å². The summed E-state index contributed by atoms with van der Waals surface area (Å²) >= 11 is 1.26. The van der Waals surface area contributed by atoms with E-state index in [2.05, 4.69) is 10.3 Å². The summed E-state index contributed by atoms with van der Waals surface area (Å²) in [6.07, 6.45) is 3.74. The standard InChI is InChI=1S/C17H20FN3OS/c1-19-9-12-5-4-8-21(11-12)17(22)15-10-20-16(23-15)13-6-2-3-7-14(13)18/h2-3,6-7,10,12,19H,4-5,8-9,11H2,1H3/t12-/m1/s1. The minimum absolute atomic E-state index is 0.00546. The minimum Gasteiger partial charge on any atom is -0.338 e. The summed E-state index contributed by atoms with van der Waals surface area (Å²) in [6, 6.07) is 6.51. The first kappa shape index (κ1) is 16.1. The smallest absolute Gasteiger partial charge is 0.265 e. The van der Waals surface area contributed by atoms with E-state index in [1.54, 1.807) is 24.4 Å². The molecule has 2 heterocycles. The van der Waals surface area contributed by atoms with Crippen molar-refractivity contribution in [3.63, 3.8) is 0 Å². The normalized spacial score (nSPS) is 18.2. The highest BCUT2D eigenvalue weighted by molar-refractivity contribution is 7.16. The van der Waals surface area contributed by atoms with Gasteiger partial charge in [-0.3, -0.25) is 4.79 Å². The van der Waals surface area contributed by atoms with Crippen molar-refractivity contribution in [3.05, 3.63) is 41.2 Å². The summed E-state index contributed by atoms with van der Waals surface area (Å²) < 4.78 is 13.8. The Bertz CT molecular complexity index is 686. The van der Waals surface area contributed by atoms with Gasteiger partial charge in [0.1, 0.15) is 15.7 Å². The molecule has 1 aromatic carbocycles. The molecule has 6 heteroatoms. The van der Waals surface area contributed by atoms with Crippen LogP contribution in [0.4, 0.5) is 4.39 Å². The van der Waals surface area contributed by atoms with Gasteiger partial charge in [-0.15, -0.1) is 11.3 Å². The zero-order valence-electron chi connectivity index (χ0n) is 13.1. The number of halogens is 1. The third-order valence-corrected chi connectivity index (χ3v) is 5.14. The van der Waals surface area contributed by atoms with Crippen LogP contribution in [0.1, 0.15) is 22.5 Å². The van der Waals surface area contributed by atoms with Crippen LogP contribution in [0.15, 0.2) is 30.5 Å². The number of piperidine rings is 1. The Hall–Kier alpha value is -1.79. The first-order valence-corrected chi connectivity index (χ1v) is 8.65. The third kappa shape index (κ3) is 3.59. The fourth-order valence-corrected chi connectivity index (χ4v) is 3.90. The van der Waals surface area contributed by atoms with Crippen LogP contribution >= 0.6 is 11.3 Å². The number of carbonyl (C=O) groups excluding carboxylic acids is 1. The topological polar surface area (TPSA) is 45.2 Å². The molecule has 1 N–H and O–H groups in total. The Morgan fingerprint density at radius 2 is 2.30 bits per heavy atom. The van der Waals surface area contributed by atoms with E-state index in [1.165, 1.54) is 17.4 Å². The van der Waals surface area contributed by atoms with Gasteiger partial charge in [0.05, 0.1) is 6.20 Å². The van der Waals surface area contributed by atoms with Crippen molar-refractivity contribution >= 4 is 17.2 Å². The second-order valence-corrected chi connectivity index (χ2v) is 6.86. The first-order valence-electron chi connectivity index (χ1n) is 7.83. The number of hydrogen-bond acceptors (Lipinski definition) is 4. The van der Waals surface area contributed by atoms with E-state index in [-0.39, 0.29) is 11.7 Å². The van der Waals surface area contributed by atoms with Gasteiger partial charge in [0, 0.05) is 18.7 Å². The predicted molar refractivity (Wildman–Crippen MR) is 90.1 cm³/mol. The van der Waals surface area contributed by atoms with Crippen molar-refractivity contribution in [2.24, 2.45) is 5.92 Å². The van der Waals surface area contributed by atoms with Gasteiger partial charge in [0.15, 0.2) is 0 Å². The quantitative estimate of drug-likeness (QED) is 0.935. The predicted octanol–water partition coefficient (Wildman–Crippen LogP) is 3.02. The molecule has 0 bridgehead atoms. The molecule has 0 aliphatic carbocycles. The number of carbonyl (C=O) groups is 1. The second-order valence-electron chi connectivity index (χ2n) is 5.83. The Balaban J connectivity index is 1.75. The highest BCUT2D eigenvalue weighted by Crippen LogP contribution is 2.28. The average Bonchev–Trinajstić information content (AvgIpc) is 3.05. The van der Waals surface area contributed by atoms with Crippen LogP contribution in [0.3, 0.4) is 0 Å². The molecular weight excluding hydrogens is 313 g/mol. The maximum absolute atomic E-state index is 13.8. The number of hydrogen-bond donors (Lipinski definition) is 1. The number of amides is 1.